The zero-order chi connectivity index (χ0) is 13.9. The van der Waals surface area contributed by atoms with E-state index in [9.17, 15) is 5.11 Å². The van der Waals surface area contributed by atoms with Gasteiger partial charge in [-0.3, -0.25) is 0 Å². The molecular weight excluding hydrogens is 248 g/mol. The summed E-state index contributed by atoms with van der Waals surface area (Å²) in [5, 5.41) is 9.94. The maximum atomic E-state index is 9.94. The van der Waals surface area contributed by atoms with Gasteiger partial charge in [0.15, 0.2) is 0 Å². The first-order valence-electron chi connectivity index (χ1n) is 6.24. The zero-order valence-corrected chi connectivity index (χ0v) is 11.5. The molecule has 1 unspecified atom stereocenters. The Morgan fingerprint density at radius 3 is 2.53 bits per heavy atom. The maximum Gasteiger partial charge on any atom is 0.119 e. The summed E-state index contributed by atoms with van der Waals surface area (Å²) in [5.74, 6) is 0.722. The zero-order valence-electron chi connectivity index (χ0n) is 11.5. The van der Waals surface area contributed by atoms with Gasteiger partial charge in [0, 0.05) is 7.11 Å². The van der Waals surface area contributed by atoms with E-state index in [2.05, 4.69) is 0 Å². The van der Waals surface area contributed by atoms with Crippen LogP contribution in [0, 0.1) is 0 Å². The van der Waals surface area contributed by atoms with Crippen molar-refractivity contribution in [3.05, 3.63) is 29.8 Å². The molecule has 1 atom stereocenters. The van der Waals surface area contributed by atoms with E-state index >= 15 is 0 Å². The van der Waals surface area contributed by atoms with Crippen LogP contribution in [0.2, 0.25) is 0 Å². The molecule has 0 spiro atoms. The van der Waals surface area contributed by atoms with Crippen LogP contribution in [-0.4, -0.2) is 52.4 Å². The highest BCUT2D eigenvalue weighted by molar-refractivity contribution is 5.29. The van der Waals surface area contributed by atoms with Crippen LogP contribution in [0.15, 0.2) is 24.3 Å². The lowest BCUT2D eigenvalue weighted by molar-refractivity contribution is -0.00594. The lowest BCUT2D eigenvalue weighted by Gasteiger charge is -2.12. The monoisotopic (exact) mass is 270 g/mol. The van der Waals surface area contributed by atoms with Gasteiger partial charge in [0.1, 0.15) is 11.9 Å². The minimum Gasteiger partial charge on any atom is -0.497 e. The number of aliphatic hydroxyl groups is 1. The molecule has 1 aromatic rings. The fraction of sp³-hybridized carbons (Fsp3) is 0.571. The number of methoxy groups -OCH3 is 2. The molecule has 19 heavy (non-hydrogen) atoms. The molecule has 0 aromatic heterocycles. The van der Waals surface area contributed by atoms with E-state index in [1.165, 1.54) is 0 Å². The standard InChI is InChI=1S/C14H22O5/c1-16-6-7-18-8-9-19-11-14(15)12-4-3-5-13(10-12)17-2/h3-5,10,14-15H,6-9,11H2,1-2H3. The van der Waals surface area contributed by atoms with Crippen molar-refractivity contribution < 1.29 is 24.1 Å². The van der Waals surface area contributed by atoms with Gasteiger partial charge in [0.25, 0.3) is 0 Å². The summed E-state index contributed by atoms with van der Waals surface area (Å²) >= 11 is 0. The van der Waals surface area contributed by atoms with Gasteiger partial charge in [0.2, 0.25) is 0 Å². The van der Waals surface area contributed by atoms with Crippen molar-refractivity contribution in [2.24, 2.45) is 0 Å². The Balaban J connectivity index is 2.18. The van der Waals surface area contributed by atoms with E-state index in [4.69, 9.17) is 18.9 Å². The van der Waals surface area contributed by atoms with Gasteiger partial charge < -0.3 is 24.1 Å². The summed E-state index contributed by atoms with van der Waals surface area (Å²) in [4.78, 5) is 0. The molecule has 1 rings (SSSR count). The molecule has 0 radical (unpaired) electrons. The third kappa shape index (κ3) is 6.54. The Kier molecular flexibility index (Phi) is 8.16. The maximum absolute atomic E-state index is 9.94. The van der Waals surface area contributed by atoms with Crippen molar-refractivity contribution >= 4 is 0 Å². The van der Waals surface area contributed by atoms with E-state index in [0.29, 0.717) is 26.4 Å². The van der Waals surface area contributed by atoms with Crippen molar-refractivity contribution in [1.82, 2.24) is 0 Å². The van der Waals surface area contributed by atoms with Gasteiger partial charge in [-0.15, -0.1) is 0 Å². The van der Waals surface area contributed by atoms with Crippen LogP contribution in [0.1, 0.15) is 11.7 Å². The van der Waals surface area contributed by atoms with Gasteiger partial charge >= 0.3 is 0 Å². The molecule has 5 nitrogen and oxygen atoms in total. The minimum absolute atomic E-state index is 0.237. The summed E-state index contributed by atoms with van der Waals surface area (Å²) in [5.41, 5.74) is 0.777. The molecule has 0 bridgehead atoms. The fourth-order valence-electron chi connectivity index (χ4n) is 1.50. The van der Waals surface area contributed by atoms with Gasteiger partial charge in [-0.1, -0.05) is 12.1 Å². The molecule has 0 fully saturated rings. The minimum atomic E-state index is -0.658. The van der Waals surface area contributed by atoms with Crippen LogP contribution in [0.4, 0.5) is 0 Å². The highest BCUT2D eigenvalue weighted by atomic mass is 16.5. The Labute approximate surface area is 114 Å². The predicted molar refractivity (Wildman–Crippen MR) is 71.5 cm³/mol. The van der Waals surface area contributed by atoms with Crippen molar-refractivity contribution in [2.45, 2.75) is 6.10 Å². The van der Waals surface area contributed by atoms with Crippen LogP contribution in [-0.2, 0) is 14.2 Å². The molecule has 0 saturated heterocycles. The smallest absolute Gasteiger partial charge is 0.119 e. The second-order valence-electron chi connectivity index (χ2n) is 3.97. The lowest BCUT2D eigenvalue weighted by Crippen LogP contribution is -2.12. The normalized spacial score (nSPS) is 12.4. The van der Waals surface area contributed by atoms with Crippen molar-refractivity contribution in [3.8, 4) is 5.75 Å². The molecule has 0 saturated carbocycles. The number of hydrogen-bond donors (Lipinski definition) is 1. The predicted octanol–water partition coefficient (Wildman–Crippen LogP) is 1.41. The molecule has 0 heterocycles. The van der Waals surface area contributed by atoms with Crippen LogP contribution in [0.3, 0.4) is 0 Å². The summed E-state index contributed by atoms with van der Waals surface area (Å²) in [7, 11) is 3.23. The Bertz CT molecular complexity index is 342. The number of hydrogen-bond acceptors (Lipinski definition) is 5. The summed E-state index contributed by atoms with van der Waals surface area (Å²) in [6, 6.07) is 7.31. The third-order valence-electron chi connectivity index (χ3n) is 2.56. The van der Waals surface area contributed by atoms with Crippen LogP contribution < -0.4 is 4.74 Å². The van der Waals surface area contributed by atoms with E-state index in [-0.39, 0.29) is 6.61 Å². The van der Waals surface area contributed by atoms with Crippen molar-refractivity contribution in [3.63, 3.8) is 0 Å². The first-order valence-corrected chi connectivity index (χ1v) is 6.24. The van der Waals surface area contributed by atoms with E-state index in [1.54, 1.807) is 20.3 Å². The van der Waals surface area contributed by atoms with Crippen LogP contribution in [0.25, 0.3) is 0 Å². The first kappa shape index (κ1) is 15.9. The molecule has 0 amide bonds. The molecule has 108 valence electrons. The highest BCUT2D eigenvalue weighted by Crippen LogP contribution is 2.19. The first-order chi connectivity index (χ1) is 9.27. The van der Waals surface area contributed by atoms with Gasteiger partial charge in [-0.05, 0) is 17.7 Å². The quantitative estimate of drug-likeness (QED) is 0.651. The average molecular weight is 270 g/mol. The summed E-state index contributed by atoms with van der Waals surface area (Å²) < 4.78 is 20.5. The average Bonchev–Trinajstić information content (AvgIpc) is 2.46. The second kappa shape index (κ2) is 9.75. The Hall–Kier alpha value is -1.14. The van der Waals surface area contributed by atoms with E-state index in [1.807, 2.05) is 18.2 Å². The molecule has 5 heteroatoms. The molecule has 1 N–H and O–H groups in total. The third-order valence-corrected chi connectivity index (χ3v) is 2.56. The van der Waals surface area contributed by atoms with Gasteiger partial charge in [-0.25, -0.2) is 0 Å². The van der Waals surface area contributed by atoms with Gasteiger partial charge in [-0.2, -0.15) is 0 Å². The Morgan fingerprint density at radius 2 is 1.79 bits per heavy atom. The molecule has 1 aromatic carbocycles. The van der Waals surface area contributed by atoms with Crippen molar-refractivity contribution in [2.75, 3.05) is 47.3 Å². The summed E-state index contributed by atoms with van der Waals surface area (Å²) in [6.07, 6.45) is -0.658. The van der Waals surface area contributed by atoms with Gasteiger partial charge in [0.05, 0.1) is 40.1 Å². The Morgan fingerprint density at radius 1 is 1.05 bits per heavy atom. The number of rotatable bonds is 10. The number of ether oxygens (including phenoxy) is 4. The fourth-order valence-corrected chi connectivity index (χ4v) is 1.50. The topological polar surface area (TPSA) is 57.2 Å². The number of benzene rings is 1. The number of aliphatic hydroxyl groups excluding tert-OH is 1. The van der Waals surface area contributed by atoms with E-state index < -0.39 is 6.10 Å². The molecule has 0 aliphatic heterocycles. The van der Waals surface area contributed by atoms with Crippen molar-refractivity contribution in [1.29, 1.82) is 0 Å². The molecular formula is C14H22O5. The highest BCUT2D eigenvalue weighted by Gasteiger charge is 2.08. The SMILES string of the molecule is COCCOCCOCC(O)c1cccc(OC)c1. The van der Waals surface area contributed by atoms with E-state index in [0.717, 1.165) is 11.3 Å². The lowest BCUT2D eigenvalue weighted by atomic mass is 10.1. The molecule has 0 aliphatic carbocycles. The van der Waals surface area contributed by atoms with Crippen LogP contribution in [0.5, 0.6) is 5.75 Å². The largest absolute Gasteiger partial charge is 0.497 e. The summed E-state index contributed by atoms with van der Waals surface area (Å²) in [6.45, 7) is 2.31. The van der Waals surface area contributed by atoms with Crippen LogP contribution >= 0.6 is 0 Å². The second-order valence-corrected chi connectivity index (χ2v) is 3.97. The molecule has 0 aliphatic rings.